The molecule has 1 saturated heterocycles. The topological polar surface area (TPSA) is 102 Å². The van der Waals surface area contributed by atoms with Crippen LogP contribution in [0.2, 0.25) is 0 Å². The molecule has 242 valence electrons. The lowest BCUT2D eigenvalue weighted by atomic mass is 9.95. The van der Waals surface area contributed by atoms with Crippen LogP contribution in [0.15, 0.2) is 66.2 Å². The molecule has 8 heteroatoms. The summed E-state index contributed by atoms with van der Waals surface area (Å²) in [5, 5.41) is 13.1. The van der Waals surface area contributed by atoms with Gasteiger partial charge in [-0.15, -0.1) is 0 Å². The van der Waals surface area contributed by atoms with Crippen LogP contribution in [0.25, 0.3) is 11.1 Å². The average molecular weight is 607 g/mol. The Morgan fingerprint density at radius 3 is 2.14 bits per heavy atom. The molecule has 2 aromatic rings. The van der Waals surface area contributed by atoms with Crippen molar-refractivity contribution in [1.82, 2.24) is 15.1 Å². The number of amides is 3. The first kappa shape index (κ1) is 36.7. The molecular formula is C36H54N4O4. The average Bonchev–Trinajstić information content (AvgIpc) is 3.02. The fraction of sp³-hybridized carbons (Fsp3) is 0.528. The van der Waals surface area contributed by atoms with E-state index in [0.29, 0.717) is 11.3 Å². The Bertz CT molecular complexity index is 1240. The maximum atomic E-state index is 13.8. The van der Waals surface area contributed by atoms with Gasteiger partial charge in [-0.25, -0.2) is 0 Å². The van der Waals surface area contributed by atoms with Gasteiger partial charge in [0.05, 0.1) is 12.1 Å². The molecule has 1 heterocycles. The summed E-state index contributed by atoms with van der Waals surface area (Å²) in [6, 6.07) is 16.9. The number of nitrogens with one attached hydrogen (secondary N) is 2. The SMILES string of the molecule is C/C(=C\C(C(C)C)N(C)C(=O)[C@@H](NC(=O)[C@H]1CCCCN1C(C)C)C(C)C)C(=O)Nc1cccc(-c2ccccc2)c1.CO. The normalized spacial score (nSPS) is 17.0. The summed E-state index contributed by atoms with van der Waals surface area (Å²) in [7, 11) is 2.76. The fourth-order valence-corrected chi connectivity index (χ4v) is 5.70. The van der Waals surface area contributed by atoms with Crippen LogP contribution < -0.4 is 10.6 Å². The largest absolute Gasteiger partial charge is 0.400 e. The summed E-state index contributed by atoms with van der Waals surface area (Å²) < 4.78 is 0. The van der Waals surface area contributed by atoms with Gasteiger partial charge in [-0.2, -0.15) is 0 Å². The van der Waals surface area contributed by atoms with Crippen LogP contribution in [0, 0.1) is 11.8 Å². The summed E-state index contributed by atoms with van der Waals surface area (Å²) in [5.74, 6) is -0.469. The quantitative estimate of drug-likeness (QED) is 0.284. The third kappa shape index (κ3) is 10.0. The van der Waals surface area contributed by atoms with Crippen LogP contribution in [-0.4, -0.2) is 77.5 Å². The molecule has 0 aromatic heterocycles. The molecule has 0 bridgehead atoms. The maximum absolute atomic E-state index is 13.8. The van der Waals surface area contributed by atoms with Crippen LogP contribution in [0.3, 0.4) is 0 Å². The van der Waals surface area contributed by atoms with Crippen molar-refractivity contribution >= 4 is 23.4 Å². The molecular weight excluding hydrogens is 552 g/mol. The van der Waals surface area contributed by atoms with E-state index in [1.165, 1.54) is 0 Å². The molecule has 2 aromatic carbocycles. The molecule has 3 amide bonds. The number of hydrogen-bond donors (Lipinski definition) is 3. The van der Waals surface area contributed by atoms with Gasteiger partial charge in [-0.1, -0.05) is 82.7 Å². The minimum Gasteiger partial charge on any atom is -0.400 e. The zero-order valence-electron chi connectivity index (χ0n) is 28.1. The summed E-state index contributed by atoms with van der Waals surface area (Å²) in [4.78, 5) is 44.4. The predicted octanol–water partition coefficient (Wildman–Crippen LogP) is 5.73. The first-order valence-electron chi connectivity index (χ1n) is 15.8. The van der Waals surface area contributed by atoms with Crippen molar-refractivity contribution in [2.24, 2.45) is 11.8 Å². The third-order valence-electron chi connectivity index (χ3n) is 8.22. The minimum atomic E-state index is -0.650. The second-order valence-corrected chi connectivity index (χ2v) is 12.5. The number of benzene rings is 2. The van der Waals surface area contributed by atoms with Crippen molar-refractivity contribution in [2.45, 2.75) is 91.9 Å². The summed E-state index contributed by atoms with van der Waals surface area (Å²) in [5.41, 5.74) is 3.33. The molecule has 0 aliphatic carbocycles. The predicted molar refractivity (Wildman–Crippen MR) is 180 cm³/mol. The number of carbonyl (C=O) groups is 3. The van der Waals surface area contributed by atoms with E-state index in [9.17, 15) is 14.4 Å². The molecule has 3 rings (SSSR count). The number of anilines is 1. The Morgan fingerprint density at radius 2 is 1.55 bits per heavy atom. The van der Waals surface area contributed by atoms with Gasteiger partial charge in [0.25, 0.3) is 5.91 Å². The first-order valence-corrected chi connectivity index (χ1v) is 15.8. The minimum absolute atomic E-state index is 0.0569. The Kier molecular flexibility index (Phi) is 14.8. The van der Waals surface area contributed by atoms with Crippen molar-refractivity contribution in [1.29, 1.82) is 0 Å². The van der Waals surface area contributed by atoms with Crippen molar-refractivity contribution < 1.29 is 19.5 Å². The van der Waals surface area contributed by atoms with Crippen LogP contribution in [0.5, 0.6) is 0 Å². The van der Waals surface area contributed by atoms with Crippen molar-refractivity contribution in [3.8, 4) is 11.1 Å². The van der Waals surface area contributed by atoms with Gasteiger partial charge in [0.2, 0.25) is 11.8 Å². The number of hydrogen-bond acceptors (Lipinski definition) is 5. The Morgan fingerprint density at radius 1 is 0.909 bits per heavy atom. The van der Waals surface area contributed by atoms with Gasteiger partial charge in [0.1, 0.15) is 6.04 Å². The summed E-state index contributed by atoms with van der Waals surface area (Å²) >= 11 is 0. The zero-order valence-corrected chi connectivity index (χ0v) is 28.1. The van der Waals surface area contributed by atoms with E-state index in [1.54, 1.807) is 18.9 Å². The number of aliphatic hydroxyl groups is 1. The number of rotatable bonds is 11. The smallest absolute Gasteiger partial charge is 0.251 e. The number of nitrogens with zero attached hydrogens (tertiary/aromatic N) is 2. The lowest BCUT2D eigenvalue weighted by Crippen LogP contribution is -2.58. The molecule has 44 heavy (non-hydrogen) atoms. The van der Waals surface area contributed by atoms with Crippen LogP contribution in [0.1, 0.15) is 67.7 Å². The van der Waals surface area contributed by atoms with Crippen molar-refractivity contribution in [3.63, 3.8) is 0 Å². The molecule has 1 aliphatic heterocycles. The highest BCUT2D eigenvalue weighted by atomic mass is 16.2. The summed E-state index contributed by atoms with van der Waals surface area (Å²) in [6.45, 7) is 14.9. The second-order valence-electron chi connectivity index (χ2n) is 12.5. The lowest BCUT2D eigenvalue weighted by Gasteiger charge is -2.39. The standard InChI is InChI=1S/C35H50N4O3.CH4O/c1-23(2)31(21-26(7)33(40)36-29-18-14-17-28(22-29)27-15-10-9-11-16-27)38(8)35(42)32(24(3)4)37-34(41)30-19-12-13-20-39(30)25(5)6;1-2/h9-11,14-18,21-25,30-32H,12-13,19-20H2,1-8H3,(H,36,40)(H,37,41);2H,1H3/b26-21+;/t30-,31?,32+;/m1./s1. The summed E-state index contributed by atoms with van der Waals surface area (Å²) in [6.07, 6.45) is 4.77. The van der Waals surface area contributed by atoms with E-state index in [-0.39, 0.29) is 47.7 Å². The molecule has 0 radical (unpaired) electrons. The molecule has 3 N–H and O–H groups in total. The van der Waals surface area contributed by atoms with Crippen LogP contribution >= 0.6 is 0 Å². The van der Waals surface area contributed by atoms with E-state index in [0.717, 1.165) is 44.0 Å². The monoisotopic (exact) mass is 606 g/mol. The highest BCUT2D eigenvalue weighted by molar-refractivity contribution is 6.03. The molecule has 8 nitrogen and oxygen atoms in total. The Balaban J connectivity index is 0.00000330. The van der Waals surface area contributed by atoms with Crippen molar-refractivity contribution in [2.75, 3.05) is 26.0 Å². The maximum Gasteiger partial charge on any atom is 0.251 e. The van der Waals surface area contributed by atoms with E-state index in [2.05, 4.69) is 29.4 Å². The third-order valence-corrected chi connectivity index (χ3v) is 8.22. The first-order chi connectivity index (χ1) is 20.9. The van der Waals surface area contributed by atoms with Gasteiger partial charge >= 0.3 is 0 Å². The van der Waals surface area contributed by atoms with Crippen molar-refractivity contribution in [3.05, 3.63) is 66.2 Å². The number of aliphatic hydroxyl groups excluding tert-OH is 1. The van der Waals surface area contributed by atoms with Gasteiger partial charge in [0, 0.05) is 31.5 Å². The van der Waals surface area contributed by atoms with Gasteiger partial charge in [0.15, 0.2) is 0 Å². The van der Waals surface area contributed by atoms with Gasteiger partial charge in [-0.3, -0.25) is 19.3 Å². The number of piperidine rings is 1. The second kappa shape index (κ2) is 17.7. The zero-order chi connectivity index (χ0) is 33.0. The molecule has 1 aliphatic rings. The highest BCUT2D eigenvalue weighted by Gasteiger charge is 2.36. The van der Waals surface area contributed by atoms with E-state index in [1.807, 2.05) is 88.4 Å². The Labute approximate surface area is 264 Å². The van der Waals surface area contributed by atoms with Gasteiger partial charge in [-0.05, 0) is 75.3 Å². The van der Waals surface area contributed by atoms with Gasteiger partial charge < -0.3 is 20.6 Å². The molecule has 1 unspecified atom stereocenters. The molecule has 0 spiro atoms. The van der Waals surface area contributed by atoms with E-state index >= 15 is 0 Å². The molecule has 3 atom stereocenters. The number of carbonyl (C=O) groups excluding carboxylic acids is 3. The van der Waals surface area contributed by atoms with Crippen LogP contribution in [0.4, 0.5) is 5.69 Å². The molecule has 0 saturated carbocycles. The van der Waals surface area contributed by atoms with E-state index < -0.39 is 6.04 Å². The highest BCUT2D eigenvalue weighted by Crippen LogP contribution is 2.24. The number of likely N-dealkylation sites (N-methyl/N-ethyl adjacent to an activating group) is 1. The fourth-order valence-electron chi connectivity index (χ4n) is 5.70. The van der Waals surface area contributed by atoms with E-state index in [4.69, 9.17) is 5.11 Å². The number of likely N-dealkylation sites (tertiary alicyclic amines) is 1. The Hall–Kier alpha value is -3.49. The lowest BCUT2D eigenvalue weighted by molar-refractivity contribution is -0.140. The molecule has 1 fully saturated rings. The van der Waals surface area contributed by atoms with Crippen LogP contribution in [-0.2, 0) is 14.4 Å².